The van der Waals surface area contributed by atoms with Crippen molar-refractivity contribution in [3.05, 3.63) is 162 Å². The Balaban J connectivity index is 0.000000213. The van der Waals surface area contributed by atoms with Gasteiger partial charge >= 0.3 is 26.7 Å². The van der Waals surface area contributed by atoms with Crippen LogP contribution in [0.4, 0.5) is 17.1 Å². The molecule has 1 saturated heterocycles. The van der Waals surface area contributed by atoms with Crippen molar-refractivity contribution in [2.45, 2.75) is 194 Å². The molecule has 0 spiro atoms. The number of hydrogen-bond acceptors (Lipinski definition) is 19. The lowest BCUT2D eigenvalue weighted by Crippen LogP contribution is -2.47. The monoisotopic (exact) mass is 1670 g/mol. The molecule has 4 heterocycles. The number of unbranched alkanes of at least 4 members (excludes halogenated alkanes) is 6. The number of ether oxygens (including phenoxy) is 3. The van der Waals surface area contributed by atoms with Gasteiger partial charge in [-0.3, -0.25) is 43.5 Å². The maximum atomic E-state index is 13.8. The van der Waals surface area contributed by atoms with Crippen LogP contribution in [0, 0.1) is 59.2 Å². The van der Waals surface area contributed by atoms with Crippen molar-refractivity contribution in [3.8, 4) is 59.2 Å². The molecule has 3 N–H and O–H groups in total. The highest BCUT2D eigenvalue weighted by Crippen LogP contribution is 2.40. The van der Waals surface area contributed by atoms with Gasteiger partial charge in [-0.15, -0.1) is 0 Å². The van der Waals surface area contributed by atoms with E-state index in [0.717, 1.165) is 166 Å². The van der Waals surface area contributed by atoms with Crippen molar-refractivity contribution in [1.82, 2.24) is 19.6 Å². The minimum absolute atomic E-state index is 0.0265. The Morgan fingerprint density at radius 2 is 0.721 bits per heavy atom. The van der Waals surface area contributed by atoms with Crippen LogP contribution in [-0.4, -0.2) is 180 Å². The van der Waals surface area contributed by atoms with Gasteiger partial charge in [-0.2, -0.15) is 0 Å². The van der Waals surface area contributed by atoms with Crippen LogP contribution in [-0.2, 0) is 41.9 Å². The first-order chi connectivity index (χ1) is 59.5. The normalized spacial score (nSPS) is 14.3. The van der Waals surface area contributed by atoms with Crippen molar-refractivity contribution in [3.63, 3.8) is 0 Å². The van der Waals surface area contributed by atoms with Gasteiger partial charge in [-0.25, -0.2) is 14.4 Å². The van der Waals surface area contributed by atoms with E-state index in [0.29, 0.717) is 104 Å². The quantitative estimate of drug-likeness (QED) is 0.00619. The number of hydrogen-bond donors (Lipinski definition) is 3. The van der Waals surface area contributed by atoms with Crippen molar-refractivity contribution in [2.75, 3.05) is 108 Å². The molecular weight excluding hydrogens is 1560 g/mol. The second-order valence-corrected chi connectivity index (χ2v) is 32.5. The minimum atomic E-state index is -2.87. The lowest BCUT2D eigenvalue weighted by molar-refractivity contribution is -0.138. The Morgan fingerprint density at radius 1 is 0.393 bits per heavy atom. The standard InChI is InChI=1S/C32H42N2O4.C29H40N2O7Si.C26H31N3O4.C12H6/c1-2-29(35)38-23-14-10-13-22-33-28-21-20-27-30-25(28)18-15-19-26(30)31(36)34(32(27)37)24-16-11-8-6-4-3-5-7-9-12-17-24;1-5-26(32)35-20-11-9-10-18-30-25-17-16-24-27-22(25)14-12-15-23(27)28(33)31(29(24)34)19-13-21-39(36-6-2,37-7-3)38-8-4;1-2-23(30)33-18-7-3-4-13-27-22-12-11-21-24-19(22)9-8-10-20(24)25(31)29(26(21)32)17-16-28-14-5-6-15-28;1-3-5-7-9-11-12-10-8-6-4-2/h2,15,18-21,24,33H,1,3-14,16-17,22-23H2;5,12,14-17,30H,1,6-11,13,18-21H2,2-4H3;2,8-12,27H,1,3-7,13-18H2;1-2H3. The average molecular weight is 1680 g/mol. The molecule has 4 aliphatic heterocycles. The number of anilines is 3. The molecule has 6 aromatic carbocycles. The van der Waals surface area contributed by atoms with Gasteiger partial charge < -0.3 is 48.3 Å². The molecule has 23 heteroatoms. The Labute approximate surface area is 721 Å². The van der Waals surface area contributed by atoms with Gasteiger partial charge in [-0.1, -0.05) is 126 Å². The first-order valence-electron chi connectivity index (χ1n) is 43.4. The number of rotatable bonds is 38. The molecule has 0 bridgehead atoms. The molecule has 0 aromatic heterocycles. The molecule has 0 unspecified atom stereocenters. The molecule has 1 saturated carbocycles. The minimum Gasteiger partial charge on any atom is -0.463 e. The third-order valence-corrected chi connectivity index (χ3v) is 24.6. The number of amides is 6. The molecule has 644 valence electrons. The summed E-state index contributed by atoms with van der Waals surface area (Å²) in [5, 5.41) is 15.2. The summed E-state index contributed by atoms with van der Waals surface area (Å²) in [6.07, 6.45) is 26.9. The molecule has 5 aliphatic rings. The summed E-state index contributed by atoms with van der Waals surface area (Å²) in [7, 11) is -2.87. The van der Waals surface area contributed by atoms with E-state index in [4.69, 9.17) is 27.5 Å². The molecule has 1 aliphatic carbocycles. The molecule has 0 radical (unpaired) electrons. The van der Waals surface area contributed by atoms with Crippen LogP contribution in [0.3, 0.4) is 0 Å². The van der Waals surface area contributed by atoms with Crippen molar-refractivity contribution >= 4 is 112 Å². The van der Waals surface area contributed by atoms with Crippen LogP contribution in [0.25, 0.3) is 32.3 Å². The number of carbonyl (C=O) groups excluding carboxylic acids is 9. The van der Waals surface area contributed by atoms with E-state index >= 15 is 0 Å². The first kappa shape index (κ1) is 95.9. The van der Waals surface area contributed by atoms with Gasteiger partial charge in [-0.05, 0) is 240 Å². The van der Waals surface area contributed by atoms with E-state index in [9.17, 15) is 43.2 Å². The maximum absolute atomic E-state index is 13.8. The van der Waals surface area contributed by atoms with Crippen LogP contribution < -0.4 is 16.0 Å². The van der Waals surface area contributed by atoms with Gasteiger partial charge in [0, 0.05) is 172 Å². The lowest BCUT2D eigenvalue weighted by Gasteiger charge is -2.34. The number of imide groups is 3. The van der Waals surface area contributed by atoms with E-state index < -0.39 is 20.7 Å². The highest BCUT2D eigenvalue weighted by Gasteiger charge is 2.42. The van der Waals surface area contributed by atoms with Crippen LogP contribution >= 0.6 is 0 Å². The average Bonchev–Trinajstić information content (AvgIpc) is 0.761. The Hall–Kier alpha value is -11.6. The molecular formula is C99H119N7O15Si. The molecule has 6 amide bonds. The van der Waals surface area contributed by atoms with E-state index in [-0.39, 0.29) is 54.0 Å². The third-order valence-electron chi connectivity index (χ3n) is 21.5. The fraction of sp³-hybridized carbons (Fsp3) is 0.444. The number of nitrogens with one attached hydrogen (secondary N) is 3. The molecule has 11 rings (SSSR count). The zero-order valence-corrected chi connectivity index (χ0v) is 72.9. The van der Waals surface area contributed by atoms with Crippen molar-refractivity contribution < 1.29 is 70.6 Å². The zero-order chi connectivity index (χ0) is 87.3. The lowest BCUT2D eigenvalue weighted by atomic mass is 9.90. The number of benzene rings is 6. The first-order valence-corrected chi connectivity index (χ1v) is 45.3. The molecule has 6 aromatic rings. The maximum Gasteiger partial charge on any atom is 0.500 e. The van der Waals surface area contributed by atoms with Crippen molar-refractivity contribution in [1.29, 1.82) is 0 Å². The van der Waals surface area contributed by atoms with Crippen LogP contribution in [0.2, 0.25) is 6.04 Å². The molecule has 122 heavy (non-hydrogen) atoms. The Bertz CT molecular complexity index is 4870. The summed E-state index contributed by atoms with van der Waals surface area (Å²) in [4.78, 5) is 121. The van der Waals surface area contributed by atoms with E-state index in [1.165, 1.54) is 79.7 Å². The fourth-order valence-corrected chi connectivity index (χ4v) is 18.2. The van der Waals surface area contributed by atoms with Crippen LogP contribution in [0.15, 0.2) is 129 Å². The summed E-state index contributed by atoms with van der Waals surface area (Å²) in [5.74, 6) is 23.1. The number of carbonyl (C=O) groups is 9. The zero-order valence-electron chi connectivity index (χ0n) is 71.9. The number of likely N-dealkylation sites (tertiary alicyclic amines) is 1. The van der Waals surface area contributed by atoms with Crippen LogP contribution in [0.1, 0.15) is 244 Å². The predicted molar refractivity (Wildman–Crippen MR) is 484 cm³/mol. The van der Waals surface area contributed by atoms with E-state index in [1.54, 1.807) is 30.9 Å². The Kier molecular flexibility index (Phi) is 41.3. The highest BCUT2D eigenvalue weighted by molar-refractivity contribution is 6.60. The number of esters is 3. The topological polar surface area (TPSA) is 258 Å². The van der Waals surface area contributed by atoms with Gasteiger partial charge in [0.25, 0.3) is 35.4 Å². The summed E-state index contributed by atoms with van der Waals surface area (Å²) >= 11 is 0. The SMILES string of the molecule is C=CC(=O)OCCCCCNc1ccc2c3c(cccc13)C(=O)N(C1CCCCCCCCCCC1)C2=O.C=CC(=O)OCCCCCNc1ccc2c3c(cccc13)C(=O)N(CCC[Si](OCC)(OCC)OCC)C2=O.C=CC(=O)OCCCCCNc1ccc2c3c(cccc13)C(=O)N(CCN1CCCC1)C2=O.CC#CC#CC#CC#CC#CC. The second-order valence-electron chi connectivity index (χ2n) is 29.8. The second kappa shape index (κ2) is 52.6. The molecule has 22 nitrogen and oxygen atoms in total. The smallest absolute Gasteiger partial charge is 0.463 e. The van der Waals surface area contributed by atoms with Gasteiger partial charge in [0.1, 0.15) is 0 Å². The highest BCUT2D eigenvalue weighted by atomic mass is 28.4. The molecule has 2 fully saturated rings. The summed E-state index contributed by atoms with van der Waals surface area (Å²) < 4.78 is 32.8. The third kappa shape index (κ3) is 28.0. The number of nitrogens with zero attached hydrogens (tertiary/aromatic N) is 4. The predicted octanol–water partition coefficient (Wildman–Crippen LogP) is 17.5. The van der Waals surface area contributed by atoms with Gasteiger partial charge in [0.05, 0.1) is 19.8 Å². The van der Waals surface area contributed by atoms with Crippen molar-refractivity contribution in [2.24, 2.45) is 0 Å². The summed E-state index contributed by atoms with van der Waals surface area (Å²) in [6.45, 7) is 27.6. The van der Waals surface area contributed by atoms with Gasteiger partial charge in [0.2, 0.25) is 0 Å². The largest absolute Gasteiger partial charge is 0.500 e. The van der Waals surface area contributed by atoms with E-state index in [1.807, 2.05) is 99.6 Å². The Morgan fingerprint density at radius 3 is 1.07 bits per heavy atom. The van der Waals surface area contributed by atoms with Crippen LogP contribution in [0.5, 0.6) is 0 Å². The summed E-state index contributed by atoms with van der Waals surface area (Å²) in [6, 6.07) is 28.8. The van der Waals surface area contributed by atoms with E-state index in [2.05, 4.69) is 99.8 Å². The fourth-order valence-electron chi connectivity index (χ4n) is 15.6. The summed E-state index contributed by atoms with van der Waals surface area (Å²) in [5.41, 5.74) is 6.24. The molecule has 0 atom stereocenters. The van der Waals surface area contributed by atoms with Gasteiger partial charge in [0.15, 0.2) is 0 Å².